The summed E-state index contributed by atoms with van der Waals surface area (Å²) in [5, 5.41) is 9.95. The molecular formula is C15H29IN4OS. The topological polar surface area (TPSA) is 58.5 Å². The van der Waals surface area contributed by atoms with E-state index < -0.39 is 0 Å². The summed E-state index contributed by atoms with van der Waals surface area (Å²) in [5.41, 5.74) is 1.16. The Morgan fingerprint density at radius 1 is 1.36 bits per heavy atom. The first kappa shape index (κ1) is 21.6. The van der Waals surface area contributed by atoms with Gasteiger partial charge >= 0.3 is 0 Å². The van der Waals surface area contributed by atoms with E-state index in [1.54, 1.807) is 18.4 Å². The summed E-state index contributed by atoms with van der Waals surface area (Å²) in [4.78, 5) is 8.84. The van der Waals surface area contributed by atoms with Crippen LogP contribution in [0.4, 0.5) is 0 Å². The largest absolute Gasteiger partial charge is 0.382 e. The molecule has 0 saturated heterocycles. The number of hydrogen-bond donors (Lipinski definition) is 2. The first-order chi connectivity index (χ1) is 10.2. The second-order valence-electron chi connectivity index (χ2n) is 5.06. The molecule has 1 heterocycles. The third-order valence-corrected chi connectivity index (χ3v) is 4.12. The fourth-order valence-corrected chi connectivity index (χ4v) is 2.63. The SMILES string of the molecule is CCOCCCNC(=NC)NCCc1csc(C(C)C)n1.I. The molecule has 0 radical (unpaired) electrons. The summed E-state index contributed by atoms with van der Waals surface area (Å²) >= 11 is 1.75. The molecule has 0 aromatic carbocycles. The van der Waals surface area contributed by atoms with Crippen LogP contribution in [-0.4, -0.2) is 44.3 Å². The summed E-state index contributed by atoms with van der Waals surface area (Å²) < 4.78 is 5.30. The molecule has 1 aromatic heterocycles. The summed E-state index contributed by atoms with van der Waals surface area (Å²) in [5.74, 6) is 1.35. The fraction of sp³-hybridized carbons (Fsp3) is 0.733. The molecule has 0 amide bonds. The van der Waals surface area contributed by atoms with E-state index in [0.29, 0.717) is 5.92 Å². The molecule has 1 aromatic rings. The molecule has 5 nitrogen and oxygen atoms in total. The number of halogens is 1. The second-order valence-corrected chi connectivity index (χ2v) is 5.95. The predicted octanol–water partition coefficient (Wildman–Crippen LogP) is 3.02. The second kappa shape index (κ2) is 13.1. The van der Waals surface area contributed by atoms with Crippen molar-refractivity contribution in [1.82, 2.24) is 15.6 Å². The molecule has 0 atom stereocenters. The summed E-state index contributed by atoms with van der Waals surface area (Å²) in [6, 6.07) is 0. The van der Waals surface area contributed by atoms with Gasteiger partial charge in [0.25, 0.3) is 0 Å². The maximum absolute atomic E-state index is 5.30. The van der Waals surface area contributed by atoms with Crippen LogP contribution in [0.3, 0.4) is 0 Å². The van der Waals surface area contributed by atoms with Crippen molar-refractivity contribution in [3.05, 3.63) is 16.1 Å². The minimum absolute atomic E-state index is 0. The highest BCUT2D eigenvalue weighted by molar-refractivity contribution is 14.0. The van der Waals surface area contributed by atoms with Crippen molar-refractivity contribution in [2.45, 2.75) is 39.5 Å². The van der Waals surface area contributed by atoms with E-state index in [4.69, 9.17) is 4.74 Å². The lowest BCUT2D eigenvalue weighted by molar-refractivity contribution is 0.145. The van der Waals surface area contributed by atoms with Gasteiger partial charge in [0.1, 0.15) is 0 Å². The molecule has 0 bridgehead atoms. The van der Waals surface area contributed by atoms with Crippen molar-refractivity contribution in [2.75, 3.05) is 33.4 Å². The highest BCUT2D eigenvalue weighted by Crippen LogP contribution is 2.19. The molecule has 1 rings (SSSR count). The van der Waals surface area contributed by atoms with Gasteiger partial charge in [-0.25, -0.2) is 4.98 Å². The summed E-state index contributed by atoms with van der Waals surface area (Å²) in [7, 11) is 1.79. The quantitative estimate of drug-likeness (QED) is 0.268. The van der Waals surface area contributed by atoms with E-state index in [1.165, 1.54) is 5.01 Å². The zero-order chi connectivity index (χ0) is 15.5. The molecule has 0 aliphatic carbocycles. The number of hydrogen-bond acceptors (Lipinski definition) is 4. The lowest BCUT2D eigenvalue weighted by Gasteiger charge is -2.11. The normalized spacial score (nSPS) is 11.4. The monoisotopic (exact) mass is 440 g/mol. The number of thiazole rings is 1. The molecule has 2 N–H and O–H groups in total. The number of ether oxygens (including phenoxy) is 1. The van der Waals surface area contributed by atoms with Gasteiger partial charge in [-0.05, 0) is 13.3 Å². The van der Waals surface area contributed by atoms with Crippen molar-refractivity contribution in [3.63, 3.8) is 0 Å². The summed E-state index contributed by atoms with van der Waals surface area (Å²) in [6.45, 7) is 9.64. The first-order valence-electron chi connectivity index (χ1n) is 7.64. The average molecular weight is 440 g/mol. The van der Waals surface area contributed by atoms with E-state index in [9.17, 15) is 0 Å². The van der Waals surface area contributed by atoms with Crippen molar-refractivity contribution in [2.24, 2.45) is 4.99 Å². The first-order valence-corrected chi connectivity index (χ1v) is 8.51. The Labute approximate surface area is 155 Å². The standard InChI is InChI=1S/C15H28N4OS.HI/c1-5-20-10-6-8-17-15(16-4)18-9-7-13-11-21-14(19-13)12(2)3;/h11-12H,5-10H2,1-4H3,(H2,16,17,18);1H. The Kier molecular flexibility index (Phi) is 12.8. The average Bonchev–Trinajstić information content (AvgIpc) is 2.94. The lowest BCUT2D eigenvalue weighted by atomic mass is 10.2. The molecule has 7 heteroatoms. The smallest absolute Gasteiger partial charge is 0.190 e. The zero-order valence-corrected chi connectivity index (χ0v) is 17.2. The molecule has 0 fully saturated rings. The zero-order valence-electron chi connectivity index (χ0n) is 14.0. The number of guanidine groups is 1. The van der Waals surface area contributed by atoms with Crippen molar-refractivity contribution >= 4 is 41.3 Å². The lowest BCUT2D eigenvalue weighted by Crippen LogP contribution is -2.39. The Bertz CT molecular complexity index is 423. The van der Waals surface area contributed by atoms with Crippen LogP contribution in [0.15, 0.2) is 10.4 Å². The fourth-order valence-electron chi connectivity index (χ4n) is 1.76. The minimum Gasteiger partial charge on any atom is -0.382 e. The molecule has 0 aliphatic heterocycles. The number of aromatic nitrogens is 1. The van der Waals surface area contributed by atoms with Crippen LogP contribution in [0.1, 0.15) is 43.8 Å². The molecular weight excluding hydrogens is 411 g/mol. The Balaban J connectivity index is 0.00000441. The van der Waals surface area contributed by atoms with Gasteiger partial charge in [0.15, 0.2) is 5.96 Å². The van der Waals surface area contributed by atoms with Crippen LogP contribution >= 0.6 is 35.3 Å². The van der Waals surface area contributed by atoms with E-state index >= 15 is 0 Å². The third kappa shape index (κ3) is 8.89. The van der Waals surface area contributed by atoms with E-state index in [0.717, 1.165) is 50.8 Å². The van der Waals surface area contributed by atoms with Crippen LogP contribution in [0.5, 0.6) is 0 Å². The Hall–Kier alpha value is -0.410. The third-order valence-electron chi connectivity index (χ3n) is 2.92. The van der Waals surface area contributed by atoms with Crippen LogP contribution < -0.4 is 10.6 Å². The van der Waals surface area contributed by atoms with Gasteiger partial charge in [0, 0.05) is 51.1 Å². The molecule has 0 spiro atoms. The van der Waals surface area contributed by atoms with Crippen LogP contribution in [-0.2, 0) is 11.2 Å². The number of nitrogens with one attached hydrogen (secondary N) is 2. The highest BCUT2D eigenvalue weighted by atomic mass is 127. The molecule has 128 valence electrons. The summed E-state index contributed by atoms with van der Waals surface area (Å²) in [6.07, 6.45) is 1.90. The highest BCUT2D eigenvalue weighted by Gasteiger charge is 2.05. The number of aliphatic imine (C=N–C) groups is 1. The van der Waals surface area contributed by atoms with E-state index in [-0.39, 0.29) is 24.0 Å². The maximum Gasteiger partial charge on any atom is 0.190 e. The van der Waals surface area contributed by atoms with Gasteiger partial charge in [-0.3, -0.25) is 4.99 Å². The molecule has 0 unspecified atom stereocenters. The minimum atomic E-state index is 0. The van der Waals surface area contributed by atoms with Gasteiger partial charge in [-0.15, -0.1) is 35.3 Å². The van der Waals surface area contributed by atoms with E-state index in [1.807, 2.05) is 6.92 Å². The van der Waals surface area contributed by atoms with Crippen molar-refractivity contribution in [1.29, 1.82) is 0 Å². The molecule has 0 aliphatic rings. The maximum atomic E-state index is 5.30. The van der Waals surface area contributed by atoms with Gasteiger partial charge in [0.05, 0.1) is 10.7 Å². The van der Waals surface area contributed by atoms with Gasteiger partial charge < -0.3 is 15.4 Å². The van der Waals surface area contributed by atoms with Crippen molar-refractivity contribution < 1.29 is 4.74 Å². The van der Waals surface area contributed by atoms with Crippen LogP contribution in [0.2, 0.25) is 0 Å². The molecule has 0 saturated carbocycles. The van der Waals surface area contributed by atoms with Crippen molar-refractivity contribution in [3.8, 4) is 0 Å². The molecule has 22 heavy (non-hydrogen) atoms. The van der Waals surface area contributed by atoms with Gasteiger partial charge in [-0.1, -0.05) is 13.8 Å². The van der Waals surface area contributed by atoms with Gasteiger partial charge in [-0.2, -0.15) is 0 Å². The predicted molar refractivity (Wildman–Crippen MR) is 106 cm³/mol. The van der Waals surface area contributed by atoms with Crippen LogP contribution in [0, 0.1) is 0 Å². The van der Waals surface area contributed by atoms with Gasteiger partial charge in [0.2, 0.25) is 0 Å². The Morgan fingerprint density at radius 2 is 2.09 bits per heavy atom. The van der Waals surface area contributed by atoms with E-state index in [2.05, 4.69) is 39.8 Å². The Morgan fingerprint density at radius 3 is 2.68 bits per heavy atom. The van der Waals surface area contributed by atoms with Crippen LogP contribution in [0.25, 0.3) is 0 Å². The number of nitrogens with zero attached hydrogens (tertiary/aromatic N) is 2. The number of rotatable bonds is 9.